The lowest BCUT2D eigenvalue weighted by atomic mass is 10.0. The first-order chi connectivity index (χ1) is 8.54. The maximum Gasteiger partial charge on any atom is 0.127 e. The molecule has 6 heteroatoms. The maximum absolute atomic E-state index is 10.4. The molecule has 0 radical (unpaired) electrons. The van der Waals surface area contributed by atoms with Crippen molar-refractivity contribution in [2.24, 2.45) is 7.05 Å². The third kappa shape index (κ3) is 2.14. The second-order valence-corrected chi connectivity index (χ2v) is 4.33. The molecule has 2 aromatic rings. The number of ether oxygens (including phenoxy) is 1. The lowest BCUT2D eigenvalue weighted by Crippen LogP contribution is -2.06. The molecule has 1 aromatic carbocycles. The van der Waals surface area contributed by atoms with Crippen molar-refractivity contribution >= 4 is 17.4 Å². The van der Waals surface area contributed by atoms with Gasteiger partial charge in [0, 0.05) is 23.2 Å². The van der Waals surface area contributed by atoms with Crippen molar-refractivity contribution in [2.45, 2.75) is 6.10 Å². The van der Waals surface area contributed by atoms with Crippen LogP contribution in [-0.2, 0) is 7.05 Å². The number of aryl methyl sites for hydroxylation is 1. The topological polar surface area (TPSA) is 73.3 Å². The van der Waals surface area contributed by atoms with Gasteiger partial charge in [-0.1, -0.05) is 11.6 Å². The van der Waals surface area contributed by atoms with Gasteiger partial charge in [-0.3, -0.25) is 4.68 Å². The van der Waals surface area contributed by atoms with E-state index in [-0.39, 0.29) is 0 Å². The second kappa shape index (κ2) is 4.88. The summed E-state index contributed by atoms with van der Waals surface area (Å²) < 4.78 is 6.70. The van der Waals surface area contributed by atoms with Crippen LogP contribution in [0.2, 0.25) is 5.02 Å². The van der Waals surface area contributed by atoms with Crippen LogP contribution >= 0.6 is 11.6 Å². The van der Waals surface area contributed by atoms with E-state index in [4.69, 9.17) is 22.1 Å². The number of nitrogen functional groups attached to an aromatic ring is 1. The molecular formula is C12H14ClN3O2. The standard InChI is InChI=1S/C12H14ClN3O2/c1-16-12(14)9(6-15-16)11(17)8-5-7(13)3-4-10(8)18-2/h3-6,11,17H,14H2,1-2H3. The van der Waals surface area contributed by atoms with Crippen molar-refractivity contribution in [2.75, 3.05) is 12.8 Å². The van der Waals surface area contributed by atoms with Gasteiger partial charge in [-0.15, -0.1) is 0 Å². The molecule has 0 saturated carbocycles. The van der Waals surface area contributed by atoms with Gasteiger partial charge in [0.05, 0.1) is 13.3 Å². The highest BCUT2D eigenvalue weighted by molar-refractivity contribution is 6.30. The van der Waals surface area contributed by atoms with Crippen LogP contribution in [0.15, 0.2) is 24.4 Å². The van der Waals surface area contributed by atoms with Crippen LogP contribution in [-0.4, -0.2) is 22.0 Å². The van der Waals surface area contributed by atoms with Gasteiger partial charge in [-0.25, -0.2) is 0 Å². The van der Waals surface area contributed by atoms with Crippen molar-refractivity contribution in [3.63, 3.8) is 0 Å². The first-order valence-electron chi connectivity index (χ1n) is 5.33. The first kappa shape index (κ1) is 12.7. The number of methoxy groups -OCH3 is 1. The largest absolute Gasteiger partial charge is 0.496 e. The molecule has 0 spiro atoms. The number of nitrogens with two attached hydrogens (primary N) is 1. The number of rotatable bonds is 3. The molecule has 0 amide bonds. The van der Waals surface area contributed by atoms with Crippen LogP contribution in [0.1, 0.15) is 17.2 Å². The Morgan fingerprint density at radius 1 is 1.44 bits per heavy atom. The number of hydrogen-bond acceptors (Lipinski definition) is 4. The summed E-state index contributed by atoms with van der Waals surface area (Å²) >= 11 is 5.93. The van der Waals surface area contributed by atoms with Gasteiger partial charge in [0.25, 0.3) is 0 Å². The van der Waals surface area contributed by atoms with Crippen molar-refractivity contribution in [1.29, 1.82) is 0 Å². The van der Waals surface area contributed by atoms with Gasteiger partial charge in [-0.05, 0) is 18.2 Å². The molecule has 3 N–H and O–H groups in total. The highest BCUT2D eigenvalue weighted by atomic mass is 35.5. The minimum atomic E-state index is -0.924. The van der Waals surface area contributed by atoms with Gasteiger partial charge < -0.3 is 15.6 Å². The van der Waals surface area contributed by atoms with E-state index in [1.807, 2.05) is 0 Å². The fourth-order valence-corrected chi connectivity index (χ4v) is 1.94. The third-order valence-electron chi connectivity index (χ3n) is 2.80. The van der Waals surface area contributed by atoms with E-state index >= 15 is 0 Å². The molecular weight excluding hydrogens is 254 g/mol. The van der Waals surface area contributed by atoms with E-state index in [0.29, 0.717) is 27.7 Å². The number of halogens is 1. The molecule has 0 saturated heterocycles. The van der Waals surface area contributed by atoms with Crippen molar-refractivity contribution < 1.29 is 9.84 Å². The summed E-state index contributed by atoms with van der Waals surface area (Å²) in [5.74, 6) is 0.958. The van der Waals surface area contributed by atoms with E-state index < -0.39 is 6.10 Å². The molecule has 0 fully saturated rings. The molecule has 2 rings (SSSR count). The Balaban J connectivity index is 2.48. The smallest absolute Gasteiger partial charge is 0.127 e. The Labute approximate surface area is 110 Å². The van der Waals surface area contributed by atoms with E-state index in [1.165, 1.54) is 18.0 Å². The minimum absolute atomic E-state index is 0.407. The van der Waals surface area contributed by atoms with E-state index in [0.717, 1.165) is 0 Å². The number of aliphatic hydroxyl groups is 1. The van der Waals surface area contributed by atoms with Crippen LogP contribution in [0.25, 0.3) is 0 Å². The monoisotopic (exact) mass is 267 g/mol. The maximum atomic E-state index is 10.4. The zero-order chi connectivity index (χ0) is 13.3. The number of anilines is 1. The summed E-state index contributed by atoms with van der Waals surface area (Å²) in [7, 11) is 3.24. The molecule has 0 aliphatic rings. The SMILES string of the molecule is COc1ccc(Cl)cc1C(O)c1cnn(C)c1N. The molecule has 5 nitrogen and oxygen atoms in total. The average molecular weight is 268 g/mol. The lowest BCUT2D eigenvalue weighted by Gasteiger charge is -2.14. The fourth-order valence-electron chi connectivity index (χ4n) is 1.76. The quantitative estimate of drug-likeness (QED) is 0.889. The highest BCUT2D eigenvalue weighted by Gasteiger charge is 2.20. The summed E-state index contributed by atoms with van der Waals surface area (Å²) in [5, 5.41) is 14.9. The Morgan fingerprint density at radius 3 is 2.72 bits per heavy atom. The zero-order valence-corrected chi connectivity index (χ0v) is 10.8. The molecule has 0 aliphatic carbocycles. The number of aliphatic hydroxyl groups excluding tert-OH is 1. The van der Waals surface area contributed by atoms with Gasteiger partial charge in [0.15, 0.2) is 0 Å². The average Bonchev–Trinajstić information content (AvgIpc) is 2.69. The van der Waals surface area contributed by atoms with E-state index in [2.05, 4.69) is 5.10 Å². The number of benzene rings is 1. The number of hydrogen-bond donors (Lipinski definition) is 2. The summed E-state index contributed by atoms with van der Waals surface area (Å²) in [5.41, 5.74) is 6.92. The van der Waals surface area contributed by atoms with Gasteiger partial charge in [0.2, 0.25) is 0 Å². The van der Waals surface area contributed by atoms with Gasteiger partial charge >= 0.3 is 0 Å². The van der Waals surface area contributed by atoms with Crippen LogP contribution in [0.3, 0.4) is 0 Å². The molecule has 0 bridgehead atoms. The Bertz CT molecular complexity index is 568. The summed E-state index contributed by atoms with van der Waals surface area (Å²) in [6.07, 6.45) is 0.604. The predicted molar refractivity (Wildman–Crippen MR) is 69.7 cm³/mol. The molecule has 1 atom stereocenters. The second-order valence-electron chi connectivity index (χ2n) is 3.90. The van der Waals surface area contributed by atoms with Crippen LogP contribution < -0.4 is 10.5 Å². The Kier molecular flexibility index (Phi) is 3.45. The Hall–Kier alpha value is -1.72. The number of aromatic nitrogens is 2. The predicted octanol–water partition coefficient (Wildman–Crippen LogP) is 1.75. The third-order valence-corrected chi connectivity index (χ3v) is 3.03. The zero-order valence-electron chi connectivity index (χ0n) is 10.1. The van der Waals surface area contributed by atoms with Crippen LogP contribution in [0.4, 0.5) is 5.82 Å². The molecule has 18 heavy (non-hydrogen) atoms. The van der Waals surface area contributed by atoms with E-state index in [1.54, 1.807) is 25.2 Å². The van der Waals surface area contributed by atoms with Crippen LogP contribution in [0, 0.1) is 0 Å². The fraction of sp³-hybridized carbons (Fsp3) is 0.250. The molecule has 1 aromatic heterocycles. The van der Waals surface area contributed by atoms with Crippen molar-refractivity contribution in [3.05, 3.63) is 40.5 Å². The molecule has 1 unspecified atom stereocenters. The summed E-state index contributed by atoms with van der Waals surface area (Å²) in [6.45, 7) is 0. The summed E-state index contributed by atoms with van der Waals surface area (Å²) in [4.78, 5) is 0. The minimum Gasteiger partial charge on any atom is -0.496 e. The Morgan fingerprint density at radius 2 is 2.17 bits per heavy atom. The van der Waals surface area contributed by atoms with Gasteiger partial charge in [0.1, 0.15) is 17.7 Å². The lowest BCUT2D eigenvalue weighted by molar-refractivity contribution is 0.215. The normalized spacial score (nSPS) is 12.4. The van der Waals surface area contributed by atoms with Gasteiger partial charge in [-0.2, -0.15) is 5.10 Å². The number of nitrogens with zero attached hydrogens (tertiary/aromatic N) is 2. The molecule has 96 valence electrons. The molecule has 1 heterocycles. The summed E-state index contributed by atoms with van der Waals surface area (Å²) in [6, 6.07) is 5.05. The van der Waals surface area contributed by atoms with E-state index in [9.17, 15) is 5.11 Å². The van der Waals surface area contributed by atoms with Crippen LogP contribution in [0.5, 0.6) is 5.75 Å². The first-order valence-corrected chi connectivity index (χ1v) is 5.71. The van der Waals surface area contributed by atoms with Crippen molar-refractivity contribution in [1.82, 2.24) is 9.78 Å². The molecule has 0 aliphatic heterocycles. The van der Waals surface area contributed by atoms with Crippen molar-refractivity contribution in [3.8, 4) is 5.75 Å². The highest BCUT2D eigenvalue weighted by Crippen LogP contribution is 2.34.